The Morgan fingerprint density at radius 3 is 2.38 bits per heavy atom. The molecule has 0 amide bonds. The summed E-state index contributed by atoms with van der Waals surface area (Å²) in [6.07, 6.45) is 5.33. The van der Waals surface area contributed by atoms with Gasteiger partial charge in [0.25, 0.3) is 0 Å². The zero-order valence-corrected chi connectivity index (χ0v) is 6.46. The molecule has 0 heterocycles. The fourth-order valence-corrected chi connectivity index (χ4v) is 1.17. The zero-order valence-electron chi connectivity index (χ0n) is 5.64. The minimum absolute atomic E-state index is 0.567. The molecule has 0 fully saturated rings. The fraction of sp³-hybridized carbons (Fsp3) is 1.00. The van der Waals surface area contributed by atoms with Gasteiger partial charge in [-0.25, -0.2) is 0 Å². The quantitative estimate of drug-likeness (QED) is 0.533. The third-order valence-electron chi connectivity index (χ3n) is 1.04. The Labute approximate surface area is 53.9 Å². The molecule has 0 N–H and O–H groups in total. The summed E-state index contributed by atoms with van der Waals surface area (Å²) >= 11 is 0. The molecular formula is C6H14OS. The molecular weight excluding hydrogens is 120 g/mol. The van der Waals surface area contributed by atoms with Gasteiger partial charge in [0.15, 0.2) is 0 Å². The predicted molar refractivity (Wildman–Crippen MR) is 38.5 cm³/mol. The van der Waals surface area contributed by atoms with Crippen LogP contribution in [0.25, 0.3) is 0 Å². The van der Waals surface area contributed by atoms with E-state index in [-0.39, 0.29) is 0 Å². The summed E-state index contributed by atoms with van der Waals surface area (Å²) < 4.78 is 10.4. The summed E-state index contributed by atoms with van der Waals surface area (Å²) in [5.74, 6) is 0.883. The molecule has 8 heavy (non-hydrogen) atoms. The van der Waals surface area contributed by atoms with E-state index < -0.39 is 10.8 Å². The highest BCUT2D eigenvalue weighted by molar-refractivity contribution is 7.84. The lowest BCUT2D eigenvalue weighted by atomic mass is 10.3. The van der Waals surface area contributed by atoms with Crippen LogP contribution in [0.2, 0.25) is 0 Å². The van der Waals surface area contributed by atoms with E-state index in [0.29, 0.717) is 0 Å². The first-order chi connectivity index (χ1) is 3.77. The van der Waals surface area contributed by atoms with E-state index in [1.807, 2.05) is 0 Å². The maximum atomic E-state index is 10.4. The number of hydrogen-bond acceptors (Lipinski definition) is 1. The Hall–Kier alpha value is 0.150. The molecule has 50 valence electrons. The van der Waals surface area contributed by atoms with E-state index in [2.05, 4.69) is 6.92 Å². The maximum Gasteiger partial charge on any atom is 0.0232 e. The normalized spacial score (nSPS) is 13.8. The number of rotatable bonds is 4. The second-order valence-electron chi connectivity index (χ2n) is 1.98. The van der Waals surface area contributed by atoms with Crippen LogP contribution in [0.15, 0.2) is 0 Å². The Bertz CT molecular complexity index is 70.9. The van der Waals surface area contributed by atoms with Crippen molar-refractivity contribution in [2.24, 2.45) is 0 Å². The SMILES string of the molecule is CCCCCS(C)=O. The molecule has 0 aliphatic rings. The first kappa shape index (κ1) is 8.15. The molecule has 1 unspecified atom stereocenters. The lowest BCUT2D eigenvalue weighted by molar-refractivity contribution is 0.680. The van der Waals surface area contributed by atoms with Crippen molar-refractivity contribution in [1.29, 1.82) is 0 Å². The topological polar surface area (TPSA) is 17.1 Å². The van der Waals surface area contributed by atoms with Crippen LogP contribution in [-0.4, -0.2) is 16.2 Å². The van der Waals surface area contributed by atoms with E-state index >= 15 is 0 Å². The van der Waals surface area contributed by atoms with Crippen LogP contribution in [0.5, 0.6) is 0 Å². The molecule has 0 saturated heterocycles. The molecule has 1 nitrogen and oxygen atoms in total. The van der Waals surface area contributed by atoms with E-state index in [9.17, 15) is 4.21 Å². The van der Waals surface area contributed by atoms with Crippen molar-refractivity contribution in [3.8, 4) is 0 Å². The van der Waals surface area contributed by atoms with Gasteiger partial charge in [-0.05, 0) is 6.42 Å². The van der Waals surface area contributed by atoms with Crippen LogP contribution >= 0.6 is 0 Å². The molecule has 1 atom stereocenters. The molecule has 0 aliphatic carbocycles. The smallest absolute Gasteiger partial charge is 0.0232 e. The van der Waals surface area contributed by atoms with Crippen molar-refractivity contribution >= 4 is 10.8 Å². The number of hydrogen-bond donors (Lipinski definition) is 0. The van der Waals surface area contributed by atoms with Crippen LogP contribution < -0.4 is 0 Å². The van der Waals surface area contributed by atoms with Crippen LogP contribution in [0.3, 0.4) is 0 Å². The van der Waals surface area contributed by atoms with E-state index in [1.165, 1.54) is 12.8 Å². The van der Waals surface area contributed by atoms with Gasteiger partial charge in [-0.15, -0.1) is 0 Å². The van der Waals surface area contributed by atoms with E-state index in [4.69, 9.17) is 0 Å². The Morgan fingerprint density at radius 2 is 2.00 bits per heavy atom. The highest BCUT2D eigenvalue weighted by Crippen LogP contribution is 1.93. The van der Waals surface area contributed by atoms with Crippen LogP contribution in [0, 0.1) is 0 Å². The van der Waals surface area contributed by atoms with Crippen LogP contribution in [-0.2, 0) is 10.8 Å². The lowest BCUT2D eigenvalue weighted by Gasteiger charge is -1.91. The van der Waals surface area contributed by atoms with Crippen molar-refractivity contribution in [2.45, 2.75) is 26.2 Å². The zero-order chi connectivity index (χ0) is 6.41. The average Bonchev–Trinajstić information content (AvgIpc) is 1.66. The van der Waals surface area contributed by atoms with Gasteiger partial charge in [0.05, 0.1) is 0 Å². The minimum atomic E-state index is -0.567. The second kappa shape index (κ2) is 5.29. The molecule has 0 aromatic carbocycles. The maximum absolute atomic E-state index is 10.4. The fourth-order valence-electron chi connectivity index (χ4n) is 0.555. The summed E-state index contributed by atoms with van der Waals surface area (Å²) in [5, 5.41) is 0. The first-order valence-electron chi connectivity index (χ1n) is 3.07. The largest absolute Gasteiger partial charge is 0.260 e. The molecule has 0 aromatic heterocycles. The molecule has 0 aromatic rings. The summed E-state index contributed by atoms with van der Waals surface area (Å²) in [6, 6.07) is 0. The van der Waals surface area contributed by atoms with E-state index in [0.717, 1.165) is 12.2 Å². The van der Waals surface area contributed by atoms with Crippen molar-refractivity contribution in [1.82, 2.24) is 0 Å². The van der Waals surface area contributed by atoms with Gasteiger partial charge in [0, 0.05) is 22.8 Å². The Kier molecular flexibility index (Phi) is 5.39. The minimum Gasteiger partial charge on any atom is -0.260 e. The first-order valence-corrected chi connectivity index (χ1v) is 4.80. The van der Waals surface area contributed by atoms with Crippen molar-refractivity contribution in [2.75, 3.05) is 12.0 Å². The van der Waals surface area contributed by atoms with E-state index in [1.54, 1.807) is 6.26 Å². The van der Waals surface area contributed by atoms with Gasteiger partial charge in [-0.3, -0.25) is 4.21 Å². The molecule has 0 spiro atoms. The highest BCUT2D eigenvalue weighted by Gasteiger charge is 1.87. The van der Waals surface area contributed by atoms with Gasteiger partial charge in [-0.1, -0.05) is 19.8 Å². The van der Waals surface area contributed by atoms with Gasteiger partial charge < -0.3 is 0 Å². The molecule has 0 saturated carbocycles. The molecule has 0 aliphatic heterocycles. The number of unbranched alkanes of at least 4 members (excludes halogenated alkanes) is 2. The van der Waals surface area contributed by atoms with Crippen molar-refractivity contribution in [3.05, 3.63) is 0 Å². The summed E-state index contributed by atoms with van der Waals surface area (Å²) in [7, 11) is -0.567. The Morgan fingerprint density at radius 1 is 1.38 bits per heavy atom. The third-order valence-corrected chi connectivity index (χ3v) is 1.90. The third kappa shape index (κ3) is 6.15. The average molecular weight is 134 g/mol. The molecule has 0 rings (SSSR count). The lowest BCUT2D eigenvalue weighted by Crippen LogP contribution is -1.92. The van der Waals surface area contributed by atoms with Crippen LogP contribution in [0.4, 0.5) is 0 Å². The van der Waals surface area contributed by atoms with Crippen molar-refractivity contribution in [3.63, 3.8) is 0 Å². The van der Waals surface area contributed by atoms with Gasteiger partial charge in [0.1, 0.15) is 0 Å². The standard InChI is InChI=1S/C6H14OS/c1-3-4-5-6-8(2)7/h3-6H2,1-2H3. The summed E-state index contributed by atoms with van der Waals surface area (Å²) in [5.41, 5.74) is 0. The van der Waals surface area contributed by atoms with Crippen molar-refractivity contribution < 1.29 is 4.21 Å². The molecule has 0 bridgehead atoms. The van der Waals surface area contributed by atoms with Gasteiger partial charge in [-0.2, -0.15) is 0 Å². The second-order valence-corrected chi connectivity index (χ2v) is 3.54. The van der Waals surface area contributed by atoms with Gasteiger partial charge in [0.2, 0.25) is 0 Å². The van der Waals surface area contributed by atoms with Gasteiger partial charge >= 0.3 is 0 Å². The highest BCUT2D eigenvalue weighted by atomic mass is 32.2. The predicted octanol–water partition coefficient (Wildman–Crippen LogP) is 1.56. The Balaban J connectivity index is 2.82. The molecule has 2 heteroatoms. The monoisotopic (exact) mass is 134 g/mol. The summed E-state index contributed by atoms with van der Waals surface area (Å²) in [6.45, 7) is 2.15. The molecule has 0 radical (unpaired) electrons. The summed E-state index contributed by atoms with van der Waals surface area (Å²) in [4.78, 5) is 0. The van der Waals surface area contributed by atoms with Crippen LogP contribution in [0.1, 0.15) is 26.2 Å².